The molecule has 0 saturated carbocycles. The van der Waals surface area contributed by atoms with Crippen LogP contribution in [0.15, 0.2) is 66.5 Å². The topological polar surface area (TPSA) is 39.7 Å². The summed E-state index contributed by atoms with van der Waals surface area (Å²) in [6.07, 6.45) is 7.87. The minimum Gasteiger partial charge on any atom is -0.317 e. The predicted molar refractivity (Wildman–Crippen MR) is 101 cm³/mol. The number of pyridine rings is 1. The Bertz CT molecular complexity index is 775. The highest BCUT2D eigenvalue weighted by molar-refractivity contribution is 5.76. The zero-order valence-electron chi connectivity index (χ0n) is 14.9. The van der Waals surface area contributed by atoms with Crippen LogP contribution in [0.3, 0.4) is 0 Å². The van der Waals surface area contributed by atoms with Gasteiger partial charge >= 0.3 is 6.03 Å². The third-order valence-corrected chi connectivity index (χ3v) is 4.99. The molecule has 0 aliphatic carbocycles. The van der Waals surface area contributed by atoms with Crippen molar-refractivity contribution in [2.75, 3.05) is 26.2 Å². The summed E-state index contributed by atoms with van der Waals surface area (Å²) in [5, 5.41) is 4.14. The standard InChI is InChI=1S/C21H24N4O/c26-21-23(16-20-8-4-10-22-15-20)12-13-25(21)24-11-5-9-19(17-24)14-18-6-2-1-3-7-18/h1-4,6-10,15H,5,11-14,16-17H2. The zero-order valence-corrected chi connectivity index (χ0v) is 14.9. The molecule has 1 saturated heterocycles. The molecule has 0 radical (unpaired) electrons. The molecule has 0 N–H and O–H groups in total. The van der Waals surface area contributed by atoms with Crippen molar-refractivity contribution in [3.05, 3.63) is 77.6 Å². The average Bonchev–Trinajstić information content (AvgIpc) is 3.04. The lowest BCUT2D eigenvalue weighted by Gasteiger charge is -2.34. The Kier molecular flexibility index (Phi) is 4.97. The van der Waals surface area contributed by atoms with Gasteiger partial charge in [0.15, 0.2) is 0 Å². The van der Waals surface area contributed by atoms with Crippen LogP contribution in [0, 0.1) is 0 Å². The summed E-state index contributed by atoms with van der Waals surface area (Å²) in [4.78, 5) is 18.9. The first-order valence-corrected chi connectivity index (χ1v) is 9.21. The van der Waals surface area contributed by atoms with E-state index in [1.54, 1.807) is 6.20 Å². The number of amides is 2. The Hall–Kier alpha value is -2.66. The Labute approximate surface area is 154 Å². The Balaban J connectivity index is 1.37. The third-order valence-electron chi connectivity index (χ3n) is 4.99. The van der Waals surface area contributed by atoms with Crippen LogP contribution in [0.5, 0.6) is 0 Å². The maximum absolute atomic E-state index is 12.8. The van der Waals surface area contributed by atoms with Crippen molar-refractivity contribution in [2.45, 2.75) is 19.4 Å². The number of urea groups is 1. The summed E-state index contributed by atoms with van der Waals surface area (Å²) < 4.78 is 0. The first kappa shape index (κ1) is 16.8. The van der Waals surface area contributed by atoms with Crippen LogP contribution in [0.1, 0.15) is 17.5 Å². The van der Waals surface area contributed by atoms with Crippen LogP contribution in [-0.4, -0.2) is 52.1 Å². The monoisotopic (exact) mass is 348 g/mol. The Morgan fingerprint density at radius 2 is 1.81 bits per heavy atom. The Morgan fingerprint density at radius 3 is 2.62 bits per heavy atom. The van der Waals surface area contributed by atoms with Crippen molar-refractivity contribution < 1.29 is 4.79 Å². The van der Waals surface area contributed by atoms with Crippen molar-refractivity contribution >= 4 is 6.03 Å². The lowest BCUT2D eigenvalue weighted by atomic mass is 10.0. The van der Waals surface area contributed by atoms with Crippen molar-refractivity contribution in [2.24, 2.45) is 0 Å². The number of carbonyl (C=O) groups is 1. The van der Waals surface area contributed by atoms with Crippen molar-refractivity contribution in [1.82, 2.24) is 19.9 Å². The second kappa shape index (κ2) is 7.70. The molecule has 2 aliphatic rings. The molecule has 0 bridgehead atoms. The molecule has 0 atom stereocenters. The van der Waals surface area contributed by atoms with E-state index in [9.17, 15) is 4.79 Å². The second-order valence-electron chi connectivity index (χ2n) is 6.89. The molecule has 2 aliphatic heterocycles. The third kappa shape index (κ3) is 3.78. The minimum atomic E-state index is 0.106. The maximum Gasteiger partial charge on any atom is 0.334 e. The van der Waals surface area contributed by atoms with Crippen LogP contribution >= 0.6 is 0 Å². The zero-order chi connectivity index (χ0) is 17.8. The molecule has 1 aromatic carbocycles. The molecular formula is C21H24N4O. The molecule has 2 aromatic rings. The molecule has 134 valence electrons. The molecule has 3 heterocycles. The van der Waals surface area contributed by atoms with Crippen molar-refractivity contribution in [3.63, 3.8) is 0 Å². The van der Waals surface area contributed by atoms with Gasteiger partial charge in [0.25, 0.3) is 0 Å². The molecule has 5 nitrogen and oxygen atoms in total. The van der Waals surface area contributed by atoms with Crippen LogP contribution in [0.4, 0.5) is 4.79 Å². The molecule has 1 aromatic heterocycles. The summed E-state index contributed by atoms with van der Waals surface area (Å²) in [5.74, 6) is 0. The number of rotatable bonds is 5. The van der Waals surface area contributed by atoms with E-state index >= 15 is 0 Å². The molecule has 1 fully saturated rings. The van der Waals surface area contributed by atoms with Crippen molar-refractivity contribution in [1.29, 1.82) is 0 Å². The minimum absolute atomic E-state index is 0.106. The largest absolute Gasteiger partial charge is 0.334 e. The van der Waals surface area contributed by atoms with Crippen LogP contribution in [-0.2, 0) is 13.0 Å². The van der Waals surface area contributed by atoms with Crippen molar-refractivity contribution in [3.8, 4) is 0 Å². The predicted octanol–water partition coefficient (Wildman–Crippen LogP) is 3.11. The lowest BCUT2D eigenvalue weighted by Crippen LogP contribution is -2.47. The maximum atomic E-state index is 12.8. The van der Waals surface area contributed by atoms with Gasteiger partial charge in [-0.05, 0) is 30.0 Å². The SMILES string of the molecule is O=C1N(Cc2cccnc2)CCN1N1CCC=C(Cc2ccccc2)C1. The highest BCUT2D eigenvalue weighted by atomic mass is 16.2. The number of hydrazine groups is 1. The second-order valence-corrected chi connectivity index (χ2v) is 6.89. The highest BCUT2D eigenvalue weighted by Gasteiger charge is 2.33. The number of benzene rings is 1. The van der Waals surface area contributed by atoms with E-state index in [2.05, 4.69) is 40.3 Å². The number of carbonyl (C=O) groups excluding carboxylic acids is 1. The van der Waals surface area contributed by atoms with E-state index in [0.717, 1.165) is 44.6 Å². The van der Waals surface area contributed by atoms with Gasteiger partial charge in [0, 0.05) is 38.6 Å². The van der Waals surface area contributed by atoms with Gasteiger partial charge in [-0.1, -0.05) is 48.0 Å². The van der Waals surface area contributed by atoms with E-state index in [1.807, 2.05) is 34.3 Å². The van der Waals surface area contributed by atoms with Gasteiger partial charge in [0.2, 0.25) is 0 Å². The molecule has 2 amide bonds. The first-order valence-electron chi connectivity index (χ1n) is 9.21. The molecule has 0 spiro atoms. The van der Waals surface area contributed by atoms with Gasteiger partial charge in [0.05, 0.1) is 6.54 Å². The van der Waals surface area contributed by atoms with Gasteiger partial charge in [-0.25, -0.2) is 9.80 Å². The number of hydrogen-bond donors (Lipinski definition) is 0. The van der Waals surface area contributed by atoms with Gasteiger partial charge in [-0.3, -0.25) is 9.99 Å². The van der Waals surface area contributed by atoms with Crippen LogP contribution < -0.4 is 0 Å². The molecule has 4 rings (SSSR count). The van der Waals surface area contributed by atoms with E-state index in [4.69, 9.17) is 0 Å². The van der Waals surface area contributed by atoms with Gasteiger partial charge < -0.3 is 4.90 Å². The summed E-state index contributed by atoms with van der Waals surface area (Å²) in [7, 11) is 0. The fourth-order valence-electron chi connectivity index (χ4n) is 3.68. The van der Waals surface area contributed by atoms with Gasteiger partial charge in [-0.15, -0.1) is 0 Å². The van der Waals surface area contributed by atoms with Crippen LogP contribution in [0.25, 0.3) is 0 Å². The fraction of sp³-hybridized carbons (Fsp3) is 0.333. The highest BCUT2D eigenvalue weighted by Crippen LogP contribution is 2.21. The number of hydrogen-bond acceptors (Lipinski definition) is 3. The summed E-state index contributed by atoms with van der Waals surface area (Å²) >= 11 is 0. The molecule has 26 heavy (non-hydrogen) atoms. The normalized spacial score (nSPS) is 18.3. The van der Waals surface area contributed by atoms with Gasteiger partial charge in [0.1, 0.15) is 0 Å². The fourth-order valence-corrected chi connectivity index (χ4v) is 3.68. The number of nitrogens with zero attached hydrogens (tertiary/aromatic N) is 4. The summed E-state index contributed by atoms with van der Waals surface area (Å²) in [5.41, 5.74) is 3.79. The molecular weight excluding hydrogens is 324 g/mol. The molecule has 0 unspecified atom stereocenters. The average molecular weight is 348 g/mol. The molecule has 5 heteroatoms. The van der Waals surface area contributed by atoms with Gasteiger partial charge in [-0.2, -0.15) is 0 Å². The van der Waals surface area contributed by atoms with E-state index in [0.29, 0.717) is 6.54 Å². The van der Waals surface area contributed by atoms with E-state index in [-0.39, 0.29) is 6.03 Å². The smallest absolute Gasteiger partial charge is 0.317 e. The van der Waals surface area contributed by atoms with E-state index < -0.39 is 0 Å². The van der Waals surface area contributed by atoms with E-state index in [1.165, 1.54) is 11.1 Å². The van der Waals surface area contributed by atoms with Crippen LogP contribution in [0.2, 0.25) is 0 Å². The summed E-state index contributed by atoms with van der Waals surface area (Å²) in [6, 6.07) is 14.6. The Morgan fingerprint density at radius 1 is 0.962 bits per heavy atom. The summed E-state index contributed by atoms with van der Waals surface area (Å²) in [6.45, 7) is 3.90. The lowest BCUT2D eigenvalue weighted by molar-refractivity contribution is 0.0340. The first-order chi connectivity index (χ1) is 12.8. The number of aromatic nitrogens is 1. The quantitative estimate of drug-likeness (QED) is 0.780.